The molecule has 0 fully saturated rings. The minimum absolute atomic E-state index is 0.00872. The molecule has 36 heavy (non-hydrogen) atoms. The normalized spacial score (nSPS) is 11.0. The number of anilines is 3. The number of hydrogen-bond acceptors (Lipinski definition) is 6. The molecule has 0 aliphatic rings. The van der Waals surface area contributed by atoms with Gasteiger partial charge in [0.2, 0.25) is 0 Å². The fraction of sp³-hybridized carbons (Fsp3) is 0.0741. The van der Waals surface area contributed by atoms with E-state index in [0.29, 0.717) is 45.0 Å². The van der Waals surface area contributed by atoms with Crippen molar-refractivity contribution in [1.82, 2.24) is 14.5 Å². The summed E-state index contributed by atoms with van der Waals surface area (Å²) in [6.45, 7) is 3.53. The molecule has 9 heteroatoms. The van der Waals surface area contributed by atoms with Gasteiger partial charge in [0, 0.05) is 41.1 Å². The number of hydrogen-bond donors (Lipinski definition) is 2. The number of halogens is 2. The van der Waals surface area contributed by atoms with Crippen LogP contribution in [-0.4, -0.2) is 14.5 Å². The fourth-order valence-electron chi connectivity index (χ4n) is 3.95. The Hall–Kier alpha value is -4.79. The molecular weight excluding hydrogens is 464 g/mol. The third kappa shape index (κ3) is 4.22. The average Bonchev–Trinajstić information content (AvgIpc) is 2.84. The van der Waals surface area contributed by atoms with Crippen LogP contribution in [-0.2, 0) is 0 Å². The molecule has 5 aromatic rings. The Morgan fingerprint density at radius 2 is 1.67 bits per heavy atom. The molecule has 3 aromatic heterocycles. The molecule has 3 heterocycles. The summed E-state index contributed by atoms with van der Waals surface area (Å²) in [5, 5.41) is 4.02. The van der Waals surface area contributed by atoms with E-state index in [9.17, 15) is 13.6 Å². The molecule has 0 amide bonds. The fourth-order valence-corrected chi connectivity index (χ4v) is 3.95. The van der Waals surface area contributed by atoms with Crippen molar-refractivity contribution in [2.45, 2.75) is 13.8 Å². The van der Waals surface area contributed by atoms with Gasteiger partial charge < -0.3 is 15.8 Å². The third-order valence-corrected chi connectivity index (χ3v) is 5.81. The van der Waals surface area contributed by atoms with Gasteiger partial charge in [0.05, 0.1) is 5.39 Å². The topological polar surface area (TPSA) is 95.1 Å². The summed E-state index contributed by atoms with van der Waals surface area (Å²) in [5.74, 6) is -0.0428. The van der Waals surface area contributed by atoms with Crippen LogP contribution in [0.4, 0.5) is 26.1 Å². The second-order valence-corrected chi connectivity index (χ2v) is 8.22. The maximum atomic E-state index is 14.9. The Morgan fingerprint density at radius 1 is 0.917 bits per heavy atom. The molecule has 0 unspecified atom stereocenters. The van der Waals surface area contributed by atoms with Gasteiger partial charge in [-0.05, 0) is 73.8 Å². The molecule has 7 nitrogen and oxygen atoms in total. The third-order valence-electron chi connectivity index (χ3n) is 5.81. The SMILES string of the molecule is Cc1c(Oc2ccc(Nc3nccc4cc(C)n(-c5ccc(F)cc5)c(=O)c34)cc2F)ccnc1N. The van der Waals surface area contributed by atoms with Crippen LogP contribution in [0.5, 0.6) is 11.5 Å². The van der Waals surface area contributed by atoms with Gasteiger partial charge in [-0.1, -0.05) is 0 Å². The van der Waals surface area contributed by atoms with Gasteiger partial charge >= 0.3 is 0 Å². The lowest BCUT2D eigenvalue weighted by Gasteiger charge is -2.15. The lowest BCUT2D eigenvalue weighted by molar-refractivity contribution is 0.439. The van der Waals surface area contributed by atoms with Crippen molar-refractivity contribution >= 4 is 28.1 Å². The second kappa shape index (κ2) is 9.10. The van der Waals surface area contributed by atoms with Gasteiger partial charge in [-0.3, -0.25) is 9.36 Å². The number of aromatic nitrogens is 3. The molecule has 0 aliphatic carbocycles. The summed E-state index contributed by atoms with van der Waals surface area (Å²) in [4.78, 5) is 21.8. The van der Waals surface area contributed by atoms with Crippen molar-refractivity contribution in [3.63, 3.8) is 0 Å². The molecule has 0 aliphatic heterocycles. The molecule has 0 bridgehead atoms. The predicted octanol–water partition coefficient (Wildman–Crippen LogP) is 5.79. The van der Waals surface area contributed by atoms with E-state index < -0.39 is 11.6 Å². The van der Waals surface area contributed by atoms with Gasteiger partial charge in [-0.2, -0.15) is 0 Å². The number of nitrogens with zero attached hydrogens (tertiary/aromatic N) is 3. The van der Waals surface area contributed by atoms with Crippen molar-refractivity contribution in [2.75, 3.05) is 11.1 Å². The van der Waals surface area contributed by atoms with E-state index in [0.717, 1.165) is 0 Å². The first-order chi connectivity index (χ1) is 17.3. The number of ether oxygens (including phenoxy) is 1. The number of nitrogens with two attached hydrogens (primary N) is 1. The van der Waals surface area contributed by atoms with Crippen LogP contribution >= 0.6 is 0 Å². The van der Waals surface area contributed by atoms with Crippen LogP contribution in [0.1, 0.15) is 11.3 Å². The first-order valence-electron chi connectivity index (χ1n) is 11.0. The quantitative estimate of drug-likeness (QED) is 0.327. The Morgan fingerprint density at radius 3 is 2.42 bits per heavy atom. The maximum Gasteiger partial charge on any atom is 0.266 e. The Balaban J connectivity index is 1.52. The van der Waals surface area contributed by atoms with Gasteiger partial charge in [0.15, 0.2) is 11.6 Å². The van der Waals surface area contributed by atoms with E-state index in [-0.39, 0.29) is 17.1 Å². The van der Waals surface area contributed by atoms with Crippen molar-refractivity contribution in [3.05, 3.63) is 106 Å². The van der Waals surface area contributed by atoms with E-state index in [1.807, 2.05) is 6.07 Å². The van der Waals surface area contributed by atoms with E-state index in [4.69, 9.17) is 10.5 Å². The van der Waals surface area contributed by atoms with Crippen LogP contribution in [0, 0.1) is 25.5 Å². The number of benzene rings is 2. The van der Waals surface area contributed by atoms with Crippen molar-refractivity contribution in [1.29, 1.82) is 0 Å². The number of pyridine rings is 3. The van der Waals surface area contributed by atoms with Crippen molar-refractivity contribution < 1.29 is 13.5 Å². The largest absolute Gasteiger partial charge is 0.454 e. The maximum absolute atomic E-state index is 14.9. The Bertz CT molecular complexity index is 1670. The van der Waals surface area contributed by atoms with Crippen LogP contribution in [0.2, 0.25) is 0 Å². The minimum Gasteiger partial charge on any atom is -0.454 e. The van der Waals surface area contributed by atoms with E-state index in [1.54, 1.807) is 38.2 Å². The number of fused-ring (bicyclic) bond motifs is 1. The van der Waals surface area contributed by atoms with Gasteiger partial charge in [-0.15, -0.1) is 0 Å². The highest BCUT2D eigenvalue weighted by molar-refractivity contribution is 5.93. The van der Waals surface area contributed by atoms with Crippen LogP contribution < -0.4 is 21.3 Å². The van der Waals surface area contributed by atoms with Gasteiger partial charge in [-0.25, -0.2) is 18.7 Å². The zero-order valence-corrected chi connectivity index (χ0v) is 19.4. The van der Waals surface area contributed by atoms with Crippen LogP contribution in [0.15, 0.2) is 77.9 Å². The highest BCUT2D eigenvalue weighted by Gasteiger charge is 2.15. The zero-order valence-electron chi connectivity index (χ0n) is 19.4. The Labute approximate surface area is 204 Å². The highest BCUT2D eigenvalue weighted by atomic mass is 19.1. The van der Waals surface area contributed by atoms with Gasteiger partial charge in [0.1, 0.15) is 23.2 Å². The molecule has 0 spiro atoms. The van der Waals surface area contributed by atoms with Gasteiger partial charge in [0.25, 0.3) is 5.56 Å². The molecule has 180 valence electrons. The van der Waals surface area contributed by atoms with E-state index >= 15 is 0 Å². The molecule has 2 aromatic carbocycles. The molecule has 0 saturated carbocycles. The number of aryl methyl sites for hydroxylation is 1. The number of nitrogens with one attached hydrogen (secondary N) is 1. The van der Waals surface area contributed by atoms with Crippen molar-refractivity contribution in [3.8, 4) is 17.2 Å². The first-order valence-corrected chi connectivity index (χ1v) is 11.0. The molecular formula is C27H21F2N5O2. The lowest BCUT2D eigenvalue weighted by Crippen LogP contribution is -2.21. The number of rotatable bonds is 5. The standard InChI is InChI=1S/C27H21F2N5O2/c1-15-13-17-9-11-32-26(24(17)27(35)34(15)20-6-3-18(28)4-7-20)33-19-5-8-23(21(29)14-19)36-22-10-12-31-25(30)16(22)2/h3-14H,1-2H3,(H2,30,31)(H,32,33). The summed E-state index contributed by atoms with van der Waals surface area (Å²) in [6.07, 6.45) is 3.05. The summed E-state index contributed by atoms with van der Waals surface area (Å²) < 4.78 is 35.5. The molecule has 3 N–H and O–H groups in total. The van der Waals surface area contributed by atoms with Crippen molar-refractivity contribution in [2.24, 2.45) is 0 Å². The molecule has 0 atom stereocenters. The second-order valence-electron chi connectivity index (χ2n) is 8.22. The first kappa shape index (κ1) is 23.0. The summed E-state index contributed by atoms with van der Waals surface area (Å²) in [7, 11) is 0. The summed E-state index contributed by atoms with van der Waals surface area (Å²) in [5.41, 5.74) is 7.64. The minimum atomic E-state index is -0.616. The predicted molar refractivity (Wildman–Crippen MR) is 135 cm³/mol. The monoisotopic (exact) mass is 485 g/mol. The molecule has 5 rings (SSSR count). The van der Waals surface area contributed by atoms with E-state index in [2.05, 4.69) is 15.3 Å². The zero-order chi connectivity index (χ0) is 25.4. The molecule has 0 saturated heterocycles. The molecule has 0 radical (unpaired) electrons. The Kier molecular flexibility index (Phi) is 5.81. The summed E-state index contributed by atoms with van der Waals surface area (Å²) >= 11 is 0. The van der Waals surface area contributed by atoms with E-state index in [1.165, 1.54) is 47.2 Å². The highest BCUT2D eigenvalue weighted by Crippen LogP contribution is 2.31. The average molecular weight is 485 g/mol. The van der Waals surface area contributed by atoms with Crippen LogP contribution in [0.25, 0.3) is 16.5 Å². The van der Waals surface area contributed by atoms with Crippen LogP contribution in [0.3, 0.4) is 0 Å². The number of nitrogen functional groups attached to an aromatic ring is 1. The lowest BCUT2D eigenvalue weighted by atomic mass is 10.1. The smallest absolute Gasteiger partial charge is 0.266 e. The summed E-state index contributed by atoms with van der Waals surface area (Å²) in [6, 6.07) is 15.2.